The number of hydrogen-bond donors (Lipinski definition) is 0. The average Bonchev–Trinajstić information content (AvgIpc) is 2.72. The minimum atomic E-state index is -0.938. The molecule has 1 rings (SSSR count). The largest absolute Gasteiger partial charge is 0.466 e. The lowest BCUT2D eigenvalue weighted by molar-refractivity contribution is -0.139. The van der Waals surface area contributed by atoms with Crippen molar-refractivity contribution in [3.63, 3.8) is 0 Å². The number of carbonyl (C=O) groups is 2. The van der Waals surface area contributed by atoms with Crippen LogP contribution in [0.25, 0.3) is 0 Å². The zero-order valence-corrected chi connectivity index (χ0v) is 10.4. The first-order valence-corrected chi connectivity index (χ1v) is 6.47. The van der Waals surface area contributed by atoms with E-state index in [1.165, 1.54) is 7.11 Å². The van der Waals surface area contributed by atoms with Gasteiger partial charge in [0, 0.05) is 31.0 Å². The van der Waals surface area contributed by atoms with Crippen molar-refractivity contribution in [2.45, 2.75) is 6.42 Å². The number of carbonyl (C=O) groups excluding carboxylic acids is 2. The normalized spacial score (nSPS) is 20.6. The van der Waals surface area contributed by atoms with Crippen LogP contribution in [0, 0.1) is 0 Å². The molecule has 1 heterocycles. The summed E-state index contributed by atoms with van der Waals surface area (Å²) in [4.78, 5) is 21.8. The van der Waals surface area contributed by atoms with Gasteiger partial charge in [-0.3, -0.25) is 0 Å². The molecule has 1 atom stereocenters. The lowest BCUT2D eigenvalue weighted by atomic mass is 10.5. The van der Waals surface area contributed by atoms with Crippen LogP contribution in [0.3, 0.4) is 0 Å². The Bertz CT molecular complexity index is 342. The van der Waals surface area contributed by atoms with Gasteiger partial charge < -0.3 is 9.47 Å². The molecule has 6 nitrogen and oxygen atoms in total. The van der Waals surface area contributed by atoms with Gasteiger partial charge in [0.2, 0.25) is 0 Å². The van der Waals surface area contributed by atoms with Gasteiger partial charge >= 0.3 is 11.9 Å². The van der Waals surface area contributed by atoms with Crippen LogP contribution in [-0.4, -0.2) is 53.0 Å². The summed E-state index contributed by atoms with van der Waals surface area (Å²) in [5.41, 5.74) is 0. The molecular formula is C10H15NO5S. The molecule has 0 aromatic heterocycles. The summed E-state index contributed by atoms with van der Waals surface area (Å²) in [6, 6.07) is 0. The zero-order chi connectivity index (χ0) is 12.7. The van der Waals surface area contributed by atoms with E-state index in [1.54, 1.807) is 4.31 Å². The number of methoxy groups -OCH3 is 1. The van der Waals surface area contributed by atoms with Crippen LogP contribution in [0.1, 0.15) is 6.42 Å². The molecule has 96 valence electrons. The number of nitrogens with zero attached hydrogens (tertiary/aromatic N) is 1. The second-order valence-corrected chi connectivity index (χ2v) is 4.90. The Morgan fingerprint density at radius 3 is 2.65 bits per heavy atom. The predicted molar refractivity (Wildman–Crippen MR) is 61.3 cm³/mol. The number of hydrogen-bond acceptors (Lipinski definition) is 5. The fraction of sp³-hybridized carbons (Fsp3) is 0.600. The average molecular weight is 261 g/mol. The van der Waals surface area contributed by atoms with Gasteiger partial charge in [-0.15, -0.1) is 0 Å². The van der Waals surface area contributed by atoms with Crippen LogP contribution in [-0.2, 0) is 30.0 Å². The molecule has 0 amide bonds. The molecule has 7 heteroatoms. The summed E-state index contributed by atoms with van der Waals surface area (Å²) in [5.74, 6) is -0.543. The van der Waals surface area contributed by atoms with Crippen LogP contribution in [0.5, 0.6) is 0 Å². The van der Waals surface area contributed by atoms with Gasteiger partial charge in [0.15, 0.2) is 0 Å². The van der Waals surface area contributed by atoms with E-state index in [9.17, 15) is 13.8 Å². The van der Waals surface area contributed by atoms with E-state index in [4.69, 9.17) is 4.74 Å². The van der Waals surface area contributed by atoms with Gasteiger partial charge in [-0.25, -0.2) is 18.1 Å². The molecule has 1 aliphatic rings. The van der Waals surface area contributed by atoms with Crippen molar-refractivity contribution >= 4 is 22.9 Å². The van der Waals surface area contributed by atoms with Crippen molar-refractivity contribution in [1.82, 2.24) is 4.31 Å². The minimum absolute atomic E-state index is 0.163. The molecule has 0 N–H and O–H groups in total. The summed E-state index contributed by atoms with van der Waals surface area (Å²) < 4.78 is 22.2. The summed E-state index contributed by atoms with van der Waals surface area (Å²) in [7, 11) is 0.285. The summed E-state index contributed by atoms with van der Waals surface area (Å²) in [5, 5.41) is 0. The van der Waals surface area contributed by atoms with Crippen molar-refractivity contribution in [1.29, 1.82) is 0 Å². The maximum atomic E-state index is 11.3. The molecule has 0 bridgehead atoms. The van der Waals surface area contributed by atoms with E-state index in [-0.39, 0.29) is 6.61 Å². The third-order valence-electron chi connectivity index (χ3n) is 2.16. The van der Waals surface area contributed by atoms with Crippen LogP contribution in [0.2, 0.25) is 0 Å². The topological polar surface area (TPSA) is 72.9 Å². The van der Waals surface area contributed by atoms with Gasteiger partial charge in [-0.05, 0) is 6.42 Å². The van der Waals surface area contributed by atoms with Crippen molar-refractivity contribution in [3.8, 4) is 0 Å². The monoisotopic (exact) mass is 261 g/mol. The summed E-state index contributed by atoms with van der Waals surface area (Å²) in [6.45, 7) is 1.38. The molecule has 0 aromatic carbocycles. The van der Waals surface area contributed by atoms with Crippen LogP contribution in [0.15, 0.2) is 12.2 Å². The molecule has 1 aliphatic heterocycles. The fourth-order valence-electron chi connectivity index (χ4n) is 1.31. The molecule has 1 saturated heterocycles. The van der Waals surface area contributed by atoms with Crippen molar-refractivity contribution < 1.29 is 23.3 Å². The number of rotatable bonds is 5. The lowest BCUT2D eigenvalue weighted by Crippen LogP contribution is -2.26. The van der Waals surface area contributed by atoms with Crippen molar-refractivity contribution in [2.24, 2.45) is 0 Å². The van der Waals surface area contributed by atoms with E-state index in [2.05, 4.69) is 4.74 Å². The first kappa shape index (κ1) is 13.9. The van der Waals surface area contributed by atoms with E-state index in [1.807, 2.05) is 0 Å². The molecule has 0 aromatic rings. The Morgan fingerprint density at radius 1 is 1.35 bits per heavy atom. The highest BCUT2D eigenvalue weighted by Gasteiger charge is 2.19. The van der Waals surface area contributed by atoms with Crippen LogP contribution < -0.4 is 0 Å². The number of ether oxygens (including phenoxy) is 2. The Morgan fingerprint density at radius 2 is 2.06 bits per heavy atom. The fourth-order valence-corrected chi connectivity index (χ4v) is 2.55. The second-order valence-electron chi connectivity index (χ2n) is 3.33. The third kappa shape index (κ3) is 5.10. The Kier molecular flexibility index (Phi) is 5.85. The Labute approximate surface area is 102 Å². The van der Waals surface area contributed by atoms with E-state index in [0.29, 0.717) is 12.3 Å². The molecule has 0 radical (unpaired) electrons. The molecule has 17 heavy (non-hydrogen) atoms. The third-order valence-corrected chi connectivity index (χ3v) is 3.74. The van der Waals surface area contributed by atoms with E-state index < -0.39 is 22.9 Å². The second kappa shape index (κ2) is 7.18. The Hall–Kier alpha value is -1.21. The first-order valence-electron chi connectivity index (χ1n) is 5.19. The molecule has 0 saturated carbocycles. The Balaban J connectivity index is 2.18. The molecular weight excluding hydrogens is 246 g/mol. The summed E-state index contributed by atoms with van der Waals surface area (Å²) in [6.07, 6.45) is 2.91. The number of esters is 2. The SMILES string of the molecule is COC(=O)/C=C/C(=O)OCCN1CCCS1=O. The first-order chi connectivity index (χ1) is 8.13. The van der Waals surface area contributed by atoms with Crippen LogP contribution in [0.4, 0.5) is 0 Å². The van der Waals surface area contributed by atoms with Crippen molar-refractivity contribution in [3.05, 3.63) is 12.2 Å². The standard InChI is InChI=1S/C10H15NO5S/c1-15-9(12)3-4-10(13)16-7-6-11-5-2-8-17(11)14/h3-4H,2,5-8H2,1H3/b4-3+. The maximum absolute atomic E-state index is 11.3. The van der Waals surface area contributed by atoms with Crippen LogP contribution >= 0.6 is 0 Å². The highest BCUT2D eigenvalue weighted by molar-refractivity contribution is 7.82. The molecule has 0 spiro atoms. The van der Waals surface area contributed by atoms with Gasteiger partial charge in [0.25, 0.3) is 0 Å². The maximum Gasteiger partial charge on any atom is 0.331 e. The van der Waals surface area contributed by atoms with E-state index >= 15 is 0 Å². The van der Waals surface area contributed by atoms with Gasteiger partial charge in [0.1, 0.15) is 6.61 Å². The lowest BCUT2D eigenvalue weighted by Gasteiger charge is -2.12. The highest BCUT2D eigenvalue weighted by Crippen LogP contribution is 2.07. The molecule has 1 unspecified atom stereocenters. The predicted octanol–water partition coefficient (Wildman–Crippen LogP) is -0.372. The smallest absolute Gasteiger partial charge is 0.331 e. The van der Waals surface area contributed by atoms with Crippen molar-refractivity contribution in [2.75, 3.05) is 32.6 Å². The van der Waals surface area contributed by atoms with Gasteiger partial charge in [0.05, 0.1) is 18.1 Å². The zero-order valence-electron chi connectivity index (χ0n) is 9.59. The van der Waals surface area contributed by atoms with Gasteiger partial charge in [-0.1, -0.05) is 0 Å². The van der Waals surface area contributed by atoms with Gasteiger partial charge in [-0.2, -0.15) is 0 Å². The minimum Gasteiger partial charge on any atom is -0.466 e. The molecule has 0 aliphatic carbocycles. The quantitative estimate of drug-likeness (QED) is 0.498. The summed E-state index contributed by atoms with van der Waals surface area (Å²) >= 11 is 0. The highest BCUT2D eigenvalue weighted by atomic mass is 32.2. The molecule has 1 fully saturated rings. The van der Waals surface area contributed by atoms with E-state index in [0.717, 1.165) is 25.1 Å².